The third kappa shape index (κ3) is 3.51. The number of aromatic nitrogens is 1. The highest BCUT2D eigenvalue weighted by atomic mass is 79.9. The molecule has 1 aliphatic heterocycles. The van der Waals surface area contributed by atoms with Crippen LogP contribution in [0.5, 0.6) is 0 Å². The Morgan fingerprint density at radius 2 is 2.10 bits per heavy atom. The van der Waals surface area contributed by atoms with Gasteiger partial charge < -0.3 is 10.6 Å². The predicted molar refractivity (Wildman–Crippen MR) is 89.5 cm³/mol. The van der Waals surface area contributed by atoms with Crippen LogP contribution in [0.1, 0.15) is 12.8 Å². The molecule has 2 heterocycles. The molecule has 0 bridgehead atoms. The first kappa shape index (κ1) is 14.7. The Kier molecular flexibility index (Phi) is 4.67. The molecular formula is C15H16BrN3OS. The van der Waals surface area contributed by atoms with E-state index >= 15 is 0 Å². The minimum absolute atomic E-state index is 0.0875. The Labute approximate surface area is 136 Å². The Morgan fingerprint density at radius 3 is 2.86 bits per heavy atom. The van der Waals surface area contributed by atoms with Gasteiger partial charge in [0.2, 0.25) is 5.91 Å². The van der Waals surface area contributed by atoms with E-state index < -0.39 is 0 Å². The Bertz CT molecular complexity index is 637. The van der Waals surface area contributed by atoms with Crippen molar-refractivity contribution in [1.82, 2.24) is 10.3 Å². The van der Waals surface area contributed by atoms with Gasteiger partial charge in [-0.25, -0.2) is 4.98 Å². The fourth-order valence-corrected chi connectivity index (χ4v) is 3.62. The first-order valence-electron chi connectivity index (χ1n) is 6.96. The van der Waals surface area contributed by atoms with Gasteiger partial charge in [-0.3, -0.25) is 4.79 Å². The van der Waals surface area contributed by atoms with Crippen LogP contribution < -0.4 is 10.6 Å². The highest BCUT2D eigenvalue weighted by molar-refractivity contribution is 9.10. The maximum atomic E-state index is 12.2. The van der Waals surface area contributed by atoms with E-state index in [0.717, 1.165) is 41.7 Å². The second-order valence-electron chi connectivity index (χ2n) is 5.03. The normalized spacial score (nSPS) is 15.9. The van der Waals surface area contributed by atoms with E-state index in [2.05, 4.69) is 31.5 Å². The second kappa shape index (κ2) is 6.68. The fraction of sp³-hybridized carbons (Fsp3) is 0.333. The molecule has 0 spiro atoms. The number of piperidine rings is 1. The zero-order valence-corrected chi connectivity index (χ0v) is 13.8. The van der Waals surface area contributed by atoms with Crippen molar-refractivity contribution in [2.45, 2.75) is 12.8 Å². The van der Waals surface area contributed by atoms with Gasteiger partial charge in [0, 0.05) is 21.3 Å². The second-order valence-corrected chi connectivity index (χ2v) is 6.74. The van der Waals surface area contributed by atoms with Crippen molar-refractivity contribution in [2.24, 2.45) is 5.92 Å². The molecule has 21 heavy (non-hydrogen) atoms. The van der Waals surface area contributed by atoms with E-state index in [-0.39, 0.29) is 11.8 Å². The van der Waals surface area contributed by atoms with Gasteiger partial charge in [-0.1, -0.05) is 34.1 Å². The Hall–Kier alpha value is -1.24. The van der Waals surface area contributed by atoms with E-state index in [1.165, 1.54) is 11.3 Å². The monoisotopic (exact) mass is 365 g/mol. The van der Waals surface area contributed by atoms with Gasteiger partial charge in [0.25, 0.3) is 0 Å². The molecule has 0 aliphatic carbocycles. The standard InChI is InChI=1S/C15H16BrN3OS/c16-12-4-2-1-3-11(12)13-9-21-15(18-13)19-14(20)10-5-7-17-8-6-10/h1-4,9-10,17H,5-8H2,(H,18,19,20). The van der Waals surface area contributed by atoms with Crippen LogP contribution in [0, 0.1) is 5.92 Å². The van der Waals surface area contributed by atoms with Gasteiger partial charge >= 0.3 is 0 Å². The van der Waals surface area contributed by atoms with Crippen LogP contribution in [0.25, 0.3) is 11.3 Å². The van der Waals surface area contributed by atoms with Crippen LogP contribution >= 0.6 is 27.3 Å². The fourth-order valence-electron chi connectivity index (χ4n) is 2.42. The molecule has 1 saturated heterocycles. The van der Waals surface area contributed by atoms with Crippen molar-refractivity contribution < 1.29 is 4.79 Å². The van der Waals surface area contributed by atoms with Gasteiger partial charge in [0.1, 0.15) is 0 Å². The number of benzene rings is 1. The molecule has 110 valence electrons. The van der Waals surface area contributed by atoms with Crippen molar-refractivity contribution in [3.8, 4) is 11.3 Å². The number of nitrogens with zero attached hydrogens (tertiary/aromatic N) is 1. The summed E-state index contributed by atoms with van der Waals surface area (Å²) < 4.78 is 1.01. The van der Waals surface area contributed by atoms with Crippen LogP contribution in [-0.2, 0) is 4.79 Å². The lowest BCUT2D eigenvalue weighted by Gasteiger charge is -2.21. The zero-order chi connectivity index (χ0) is 14.7. The third-order valence-electron chi connectivity index (χ3n) is 3.59. The van der Waals surface area contributed by atoms with Crippen LogP contribution in [-0.4, -0.2) is 24.0 Å². The van der Waals surface area contributed by atoms with Gasteiger partial charge in [0.05, 0.1) is 5.69 Å². The summed E-state index contributed by atoms with van der Waals surface area (Å²) in [4.78, 5) is 16.7. The van der Waals surface area contributed by atoms with E-state index in [1.807, 2.05) is 29.6 Å². The summed E-state index contributed by atoms with van der Waals surface area (Å²) in [7, 11) is 0. The number of halogens is 1. The van der Waals surface area contributed by atoms with Gasteiger partial charge in [0.15, 0.2) is 5.13 Å². The number of rotatable bonds is 3. The number of hydrogen-bond acceptors (Lipinski definition) is 4. The molecule has 0 radical (unpaired) electrons. The van der Waals surface area contributed by atoms with Crippen molar-refractivity contribution in [1.29, 1.82) is 0 Å². The smallest absolute Gasteiger partial charge is 0.229 e. The molecule has 3 rings (SSSR count). The van der Waals surface area contributed by atoms with Crippen molar-refractivity contribution in [3.05, 3.63) is 34.1 Å². The minimum atomic E-state index is 0.0875. The van der Waals surface area contributed by atoms with Crippen molar-refractivity contribution >= 4 is 38.3 Å². The molecule has 1 aromatic carbocycles. The number of hydrogen-bond donors (Lipinski definition) is 2. The van der Waals surface area contributed by atoms with Crippen LogP contribution in [0.4, 0.5) is 5.13 Å². The summed E-state index contributed by atoms with van der Waals surface area (Å²) >= 11 is 4.99. The maximum Gasteiger partial charge on any atom is 0.229 e. The molecule has 1 amide bonds. The molecular weight excluding hydrogens is 350 g/mol. The maximum absolute atomic E-state index is 12.2. The van der Waals surface area contributed by atoms with Gasteiger partial charge in [-0.15, -0.1) is 11.3 Å². The average Bonchev–Trinajstić information content (AvgIpc) is 2.97. The minimum Gasteiger partial charge on any atom is -0.317 e. The topological polar surface area (TPSA) is 54.0 Å². The van der Waals surface area contributed by atoms with Crippen LogP contribution in [0.3, 0.4) is 0 Å². The van der Waals surface area contributed by atoms with E-state index in [0.29, 0.717) is 5.13 Å². The lowest BCUT2D eigenvalue weighted by Crippen LogP contribution is -2.34. The summed E-state index contributed by atoms with van der Waals surface area (Å²) in [5.74, 6) is 0.187. The summed E-state index contributed by atoms with van der Waals surface area (Å²) in [6.07, 6.45) is 1.79. The van der Waals surface area contributed by atoms with Gasteiger partial charge in [-0.2, -0.15) is 0 Å². The molecule has 2 aromatic rings. The number of nitrogens with one attached hydrogen (secondary N) is 2. The molecule has 1 fully saturated rings. The van der Waals surface area contributed by atoms with E-state index in [9.17, 15) is 4.79 Å². The highest BCUT2D eigenvalue weighted by Gasteiger charge is 2.21. The summed E-state index contributed by atoms with van der Waals surface area (Å²) in [6, 6.07) is 7.95. The Balaban J connectivity index is 1.70. The number of anilines is 1. The predicted octanol–water partition coefficient (Wildman–Crippen LogP) is 3.51. The molecule has 0 saturated carbocycles. The molecule has 6 heteroatoms. The van der Waals surface area contributed by atoms with Crippen molar-refractivity contribution in [2.75, 3.05) is 18.4 Å². The van der Waals surface area contributed by atoms with E-state index in [1.54, 1.807) is 0 Å². The summed E-state index contributed by atoms with van der Waals surface area (Å²) in [6.45, 7) is 1.83. The first-order valence-corrected chi connectivity index (χ1v) is 8.63. The largest absolute Gasteiger partial charge is 0.317 e. The quantitative estimate of drug-likeness (QED) is 0.874. The van der Waals surface area contributed by atoms with Crippen LogP contribution in [0.2, 0.25) is 0 Å². The zero-order valence-electron chi connectivity index (χ0n) is 11.4. The molecule has 1 aromatic heterocycles. The van der Waals surface area contributed by atoms with Crippen LogP contribution in [0.15, 0.2) is 34.1 Å². The lowest BCUT2D eigenvalue weighted by atomic mass is 9.97. The lowest BCUT2D eigenvalue weighted by molar-refractivity contribution is -0.120. The molecule has 0 unspecified atom stereocenters. The molecule has 0 atom stereocenters. The van der Waals surface area contributed by atoms with Gasteiger partial charge in [-0.05, 0) is 32.0 Å². The highest BCUT2D eigenvalue weighted by Crippen LogP contribution is 2.30. The third-order valence-corrected chi connectivity index (χ3v) is 5.04. The number of carbonyl (C=O) groups is 1. The van der Waals surface area contributed by atoms with E-state index in [4.69, 9.17) is 0 Å². The van der Waals surface area contributed by atoms with Crippen molar-refractivity contribution in [3.63, 3.8) is 0 Å². The molecule has 1 aliphatic rings. The molecule has 2 N–H and O–H groups in total. The average molecular weight is 366 g/mol. The number of carbonyl (C=O) groups excluding carboxylic acids is 1. The summed E-state index contributed by atoms with van der Waals surface area (Å²) in [5, 5.41) is 8.85. The first-order chi connectivity index (χ1) is 10.2. The molecule has 4 nitrogen and oxygen atoms in total. The summed E-state index contributed by atoms with van der Waals surface area (Å²) in [5.41, 5.74) is 1.92. The SMILES string of the molecule is O=C(Nc1nc(-c2ccccc2Br)cs1)C1CCNCC1. The number of amides is 1. The Morgan fingerprint density at radius 1 is 1.33 bits per heavy atom. The number of thiazole rings is 1.